The van der Waals surface area contributed by atoms with E-state index in [0.717, 1.165) is 5.69 Å². The highest BCUT2D eigenvalue weighted by Gasteiger charge is 1.98. The fourth-order valence-corrected chi connectivity index (χ4v) is 1.37. The van der Waals surface area contributed by atoms with Crippen LogP contribution in [0, 0.1) is 10.1 Å². The Kier molecular flexibility index (Phi) is 10.2. The lowest BCUT2D eigenvalue weighted by atomic mass is 10.3. The topological polar surface area (TPSA) is 132 Å². The minimum absolute atomic E-state index is 0.0874. The summed E-state index contributed by atoms with van der Waals surface area (Å²) in [5.41, 5.74) is 7.00. The van der Waals surface area contributed by atoms with Crippen LogP contribution in [0.15, 0.2) is 54.6 Å². The van der Waals surface area contributed by atoms with Gasteiger partial charge in [0.1, 0.15) is 0 Å². The monoisotopic (exact) mass is 407 g/mol. The van der Waals surface area contributed by atoms with E-state index in [0.29, 0.717) is 5.69 Å². The largest absolute Gasteiger partial charge is 0.399 e. The molecule has 0 aliphatic heterocycles. The van der Waals surface area contributed by atoms with Crippen molar-refractivity contribution in [3.8, 4) is 0 Å². The van der Waals surface area contributed by atoms with E-state index in [-0.39, 0.29) is 11.6 Å². The summed E-state index contributed by atoms with van der Waals surface area (Å²) in [7, 11) is 4.81. The van der Waals surface area contributed by atoms with E-state index in [4.69, 9.17) is 14.2 Å². The lowest BCUT2D eigenvalue weighted by Gasteiger charge is -2.01. The van der Waals surface area contributed by atoms with Crippen molar-refractivity contribution in [3.05, 3.63) is 64.7 Å². The number of hydrogen-bond acceptors (Lipinski definition) is 6. The van der Waals surface area contributed by atoms with Crippen LogP contribution in [0.4, 0.5) is 17.1 Å². The van der Waals surface area contributed by atoms with Gasteiger partial charge in [0.15, 0.2) is 0 Å². The summed E-state index contributed by atoms with van der Waals surface area (Å²) in [5, 5.41) is 12.6. The van der Waals surface area contributed by atoms with Gasteiger partial charge in [-0.2, -0.15) is 8.42 Å². The van der Waals surface area contributed by atoms with Crippen molar-refractivity contribution in [2.24, 2.45) is 0 Å². The molecule has 0 saturated heterocycles. The number of carbonyl (C=O) groups excluding carboxylic acids is 1. The molecule has 0 fully saturated rings. The molecule has 2 rings (SSSR count). The summed E-state index contributed by atoms with van der Waals surface area (Å²) in [6, 6.07) is 15.0. The van der Waals surface area contributed by atoms with Gasteiger partial charge in [0, 0.05) is 51.8 Å². The van der Waals surface area contributed by atoms with E-state index in [1.54, 1.807) is 42.5 Å². The maximum absolute atomic E-state index is 10.6. The van der Waals surface area contributed by atoms with Gasteiger partial charge >= 0.3 is 8.26 Å². The highest BCUT2D eigenvalue weighted by molar-refractivity contribution is 8.31. The number of non-ortho nitro benzene ring substituents is 1. The average molecular weight is 408 g/mol. The molecule has 0 atom stereocenters. The molecule has 8 nitrogen and oxygen atoms in total. The number of carbonyl (C=O) groups is 1. The first-order valence-electron chi connectivity index (χ1n) is 6.46. The van der Waals surface area contributed by atoms with E-state index in [2.05, 4.69) is 26.7 Å². The van der Waals surface area contributed by atoms with E-state index >= 15 is 0 Å². The Morgan fingerprint density at radius 1 is 1.12 bits per heavy atom. The number of nitro groups is 1. The van der Waals surface area contributed by atoms with Gasteiger partial charge < -0.3 is 11.1 Å². The molecule has 0 bridgehead atoms. The molecule has 3 N–H and O–H groups in total. The lowest BCUT2D eigenvalue weighted by Crippen LogP contribution is -2.05. The third-order valence-electron chi connectivity index (χ3n) is 2.17. The zero-order valence-corrected chi connectivity index (χ0v) is 15.3. The van der Waals surface area contributed by atoms with Crippen LogP contribution in [0.2, 0.25) is 0 Å². The Morgan fingerprint density at radius 2 is 1.64 bits per heavy atom. The second-order valence-corrected chi connectivity index (χ2v) is 7.95. The van der Waals surface area contributed by atoms with E-state index in [1.165, 1.54) is 19.1 Å². The summed E-state index contributed by atoms with van der Waals surface area (Å²) in [6.45, 7) is 1.46. The summed E-state index contributed by atoms with van der Waals surface area (Å²) in [6.07, 6.45) is 0. The third-order valence-corrected chi connectivity index (χ3v) is 2.17. The molecule has 0 saturated carbocycles. The van der Waals surface area contributed by atoms with Crippen LogP contribution < -0.4 is 11.1 Å². The molecule has 0 aliphatic rings. The lowest BCUT2D eigenvalue weighted by molar-refractivity contribution is -0.384. The summed E-state index contributed by atoms with van der Waals surface area (Å²) < 4.78 is 18.3. The van der Waals surface area contributed by atoms with Crippen molar-refractivity contribution >= 4 is 52.6 Å². The second-order valence-electron chi connectivity index (χ2n) is 4.28. The van der Waals surface area contributed by atoms with Gasteiger partial charge in [0.2, 0.25) is 5.91 Å². The molecular weight excluding hydrogens is 393 g/mol. The van der Waals surface area contributed by atoms with Crippen LogP contribution in [-0.2, 0) is 13.1 Å². The molecule has 0 heterocycles. The highest BCUT2D eigenvalue weighted by Crippen LogP contribution is 2.11. The number of para-hydroxylation sites is 1. The number of amides is 1. The number of anilines is 2. The molecule has 0 aliphatic carbocycles. The number of nitrogens with zero attached hydrogens (tertiary/aromatic N) is 1. The van der Waals surface area contributed by atoms with Crippen LogP contribution in [0.1, 0.15) is 6.92 Å². The molecule has 1 amide bonds. The second kappa shape index (κ2) is 11.2. The highest BCUT2D eigenvalue weighted by atomic mass is 36.0. The number of nitrogen functional groups attached to an aromatic ring is 1. The van der Waals surface area contributed by atoms with Crippen LogP contribution >= 0.6 is 21.4 Å². The van der Waals surface area contributed by atoms with Crippen molar-refractivity contribution in [1.82, 2.24) is 0 Å². The Labute approximate surface area is 153 Å². The maximum atomic E-state index is 10.6. The minimum atomic E-state index is -3.72. The SMILES string of the molecule is CC(=O)Nc1cccc(N)c1.O=S(=O)(Cl)Cl.O=[N+]([O-])c1ccccc1. The number of nitro benzene ring substituents is 1. The fraction of sp³-hybridized carbons (Fsp3) is 0.0714. The quantitative estimate of drug-likeness (QED) is 0.338. The number of rotatable bonds is 2. The first-order chi connectivity index (χ1) is 11.5. The van der Waals surface area contributed by atoms with Crippen molar-refractivity contribution in [2.75, 3.05) is 11.1 Å². The smallest absolute Gasteiger partial charge is 0.317 e. The van der Waals surface area contributed by atoms with Crippen LogP contribution in [0.25, 0.3) is 0 Å². The summed E-state index contributed by atoms with van der Waals surface area (Å²) in [5.74, 6) is -0.0874. The molecule has 11 heteroatoms. The van der Waals surface area contributed by atoms with E-state index < -0.39 is 13.2 Å². The Hall–Kier alpha value is -2.36. The van der Waals surface area contributed by atoms with Gasteiger partial charge in [-0.05, 0) is 18.2 Å². The average Bonchev–Trinajstić information content (AvgIpc) is 2.46. The van der Waals surface area contributed by atoms with Gasteiger partial charge in [-0.1, -0.05) is 24.3 Å². The Balaban J connectivity index is 0.000000372. The number of halogens is 2. The van der Waals surface area contributed by atoms with Crippen molar-refractivity contribution in [3.63, 3.8) is 0 Å². The van der Waals surface area contributed by atoms with Gasteiger partial charge in [-0.25, -0.2) is 0 Å². The van der Waals surface area contributed by atoms with Crippen LogP contribution in [-0.4, -0.2) is 19.2 Å². The predicted octanol–water partition coefficient (Wildman–Crippen LogP) is 3.53. The van der Waals surface area contributed by atoms with E-state index in [1.807, 2.05) is 0 Å². The number of nitrogens with one attached hydrogen (secondary N) is 1. The number of nitrogens with two attached hydrogens (primary N) is 1. The molecule has 136 valence electrons. The summed E-state index contributed by atoms with van der Waals surface area (Å²) >= 11 is 0. The Morgan fingerprint density at radius 3 is 2.00 bits per heavy atom. The molecule has 0 aromatic heterocycles. The molecule has 0 unspecified atom stereocenters. The minimum Gasteiger partial charge on any atom is -0.399 e. The first kappa shape index (κ1) is 22.6. The molecule has 0 spiro atoms. The Bertz CT molecular complexity index is 793. The zero-order chi connectivity index (χ0) is 19.5. The van der Waals surface area contributed by atoms with E-state index in [9.17, 15) is 14.9 Å². The molecule has 25 heavy (non-hydrogen) atoms. The van der Waals surface area contributed by atoms with Gasteiger partial charge in [0.05, 0.1) is 4.92 Å². The molecule has 2 aromatic rings. The molecule has 0 radical (unpaired) electrons. The maximum Gasteiger partial charge on any atom is 0.317 e. The standard InChI is InChI=1S/C8H10N2O.C6H5NO2.Cl2O2S/c1-6(11)10-8-4-2-3-7(9)5-8;8-7(9)6-4-2-1-3-5-6;1-5(2,3)4/h2-5H,9H2,1H3,(H,10,11);1-5H;. The molecular formula is C14H15Cl2N3O5S. The van der Waals surface area contributed by atoms with Crippen molar-refractivity contribution in [1.29, 1.82) is 0 Å². The first-order valence-corrected chi connectivity index (χ1v) is 9.59. The van der Waals surface area contributed by atoms with Gasteiger partial charge in [-0.3, -0.25) is 14.9 Å². The van der Waals surface area contributed by atoms with Crippen molar-refractivity contribution in [2.45, 2.75) is 6.92 Å². The van der Waals surface area contributed by atoms with Crippen LogP contribution in [0.3, 0.4) is 0 Å². The number of benzene rings is 2. The normalized spacial score (nSPS) is 9.56. The number of hydrogen-bond donors (Lipinski definition) is 2. The van der Waals surface area contributed by atoms with Gasteiger partial charge in [0.25, 0.3) is 5.69 Å². The third kappa shape index (κ3) is 14.9. The fourth-order valence-electron chi connectivity index (χ4n) is 1.37. The zero-order valence-electron chi connectivity index (χ0n) is 12.9. The van der Waals surface area contributed by atoms with Crippen molar-refractivity contribution < 1.29 is 18.1 Å². The predicted molar refractivity (Wildman–Crippen MR) is 98.9 cm³/mol. The van der Waals surface area contributed by atoms with Gasteiger partial charge in [-0.15, -0.1) is 0 Å². The molecule has 2 aromatic carbocycles. The van der Waals surface area contributed by atoms with Crippen LogP contribution in [0.5, 0.6) is 0 Å². The summed E-state index contributed by atoms with van der Waals surface area (Å²) in [4.78, 5) is 20.2.